The van der Waals surface area contributed by atoms with E-state index in [1.807, 2.05) is 0 Å². The van der Waals surface area contributed by atoms with Crippen LogP contribution in [0.2, 0.25) is 0 Å². The summed E-state index contributed by atoms with van der Waals surface area (Å²) in [7, 11) is -3.05. The van der Waals surface area contributed by atoms with Crippen LogP contribution in [0.5, 0.6) is 0 Å². The maximum Gasteiger partial charge on any atom is 0.254 e. The van der Waals surface area contributed by atoms with Gasteiger partial charge in [0, 0.05) is 18.2 Å². The van der Waals surface area contributed by atoms with Crippen LogP contribution in [-0.4, -0.2) is 43.3 Å². The summed E-state index contributed by atoms with van der Waals surface area (Å²) in [5, 5.41) is 0. The van der Waals surface area contributed by atoms with Gasteiger partial charge in [0.1, 0.15) is 5.82 Å². The number of hydrogen-bond donors (Lipinski definition) is 0. The molecule has 104 valence electrons. The molecule has 1 saturated heterocycles. The van der Waals surface area contributed by atoms with E-state index in [0.29, 0.717) is 11.1 Å². The number of rotatable bonds is 1. The Balaban J connectivity index is 2.25. The molecule has 0 aromatic heterocycles. The van der Waals surface area contributed by atoms with Crippen molar-refractivity contribution < 1.29 is 17.6 Å². The average Bonchev–Trinajstić information content (AvgIpc) is 2.26. The summed E-state index contributed by atoms with van der Waals surface area (Å²) in [6.07, 6.45) is 0. The Morgan fingerprint density at radius 2 is 2.11 bits per heavy atom. The number of hydrogen-bond acceptors (Lipinski definition) is 3. The molecular weight excluding hydrogens is 269 g/mol. The van der Waals surface area contributed by atoms with Crippen molar-refractivity contribution in [3.05, 3.63) is 35.1 Å². The van der Waals surface area contributed by atoms with Gasteiger partial charge < -0.3 is 4.90 Å². The van der Waals surface area contributed by atoms with Crippen molar-refractivity contribution in [2.24, 2.45) is 0 Å². The number of carbonyl (C=O) groups is 1. The minimum absolute atomic E-state index is 0.0106. The first kappa shape index (κ1) is 14.0. The first-order valence-corrected chi connectivity index (χ1v) is 7.90. The van der Waals surface area contributed by atoms with E-state index >= 15 is 0 Å². The molecule has 0 N–H and O–H groups in total. The van der Waals surface area contributed by atoms with Crippen LogP contribution in [0.3, 0.4) is 0 Å². The fraction of sp³-hybridized carbons (Fsp3) is 0.462. The van der Waals surface area contributed by atoms with Gasteiger partial charge in [-0.25, -0.2) is 12.8 Å². The van der Waals surface area contributed by atoms with E-state index in [9.17, 15) is 17.6 Å². The lowest BCUT2D eigenvalue weighted by molar-refractivity contribution is 0.0712. The number of amides is 1. The molecule has 19 heavy (non-hydrogen) atoms. The normalized spacial score (nSPS) is 22.3. The molecule has 1 atom stereocenters. The predicted octanol–water partition coefficient (Wildman–Crippen LogP) is 1.39. The van der Waals surface area contributed by atoms with Gasteiger partial charge in [0.15, 0.2) is 9.84 Å². The molecule has 1 aliphatic heterocycles. The van der Waals surface area contributed by atoms with Crippen LogP contribution in [0.1, 0.15) is 22.8 Å². The Morgan fingerprint density at radius 1 is 1.42 bits per heavy atom. The Kier molecular flexibility index (Phi) is 3.62. The lowest BCUT2D eigenvalue weighted by Gasteiger charge is -2.33. The van der Waals surface area contributed by atoms with Gasteiger partial charge in [-0.1, -0.05) is 0 Å². The number of nitrogens with zero attached hydrogens (tertiary/aromatic N) is 1. The average molecular weight is 285 g/mol. The number of benzene rings is 1. The van der Waals surface area contributed by atoms with Crippen LogP contribution in [0.25, 0.3) is 0 Å². The molecule has 0 spiro atoms. The summed E-state index contributed by atoms with van der Waals surface area (Å²) in [5.74, 6) is -0.648. The largest absolute Gasteiger partial charge is 0.334 e. The highest BCUT2D eigenvalue weighted by Crippen LogP contribution is 2.18. The van der Waals surface area contributed by atoms with Crippen molar-refractivity contribution in [3.8, 4) is 0 Å². The van der Waals surface area contributed by atoms with E-state index in [4.69, 9.17) is 0 Å². The second-order valence-electron chi connectivity index (χ2n) is 4.92. The second-order valence-corrected chi connectivity index (χ2v) is 7.15. The number of sulfone groups is 1. The van der Waals surface area contributed by atoms with E-state index in [1.54, 1.807) is 18.7 Å². The molecule has 1 unspecified atom stereocenters. The molecule has 0 radical (unpaired) electrons. The molecule has 1 fully saturated rings. The zero-order chi connectivity index (χ0) is 14.2. The molecule has 1 amide bonds. The van der Waals surface area contributed by atoms with Crippen LogP contribution in [-0.2, 0) is 9.84 Å². The molecule has 0 bridgehead atoms. The van der Waals surface area contributed by atoms with Gasteiger partial charge in [-0.05, 0) is 37.6 Å². The van der Waals surface area contributed by atoms with Crippen LogP contribution in [0, 0.1) is 12.7 Å². The van der Waals surface area contributed by atoms with Gasteiger partial charge in [-0.2, -0.15) is 0 Å². The summed E-state index contributed by atoms with van der Waals surface area (Å²) in [6.45, 7) is 3.58. The first-order valence-electron chi connectivity index (χ1n) is 6.08. The third-order valence-electron chi connectivity index (χ3n) is 3.35. The van der Waals surface area contributed by atoms with E-state index in [1.165, 1.54) is 18.2 Å². The highest BCUT2D eigenvalue weighted by Gasteiger charge is 2.32. The fourth-order valence-electron chi connectivity index (χ4n) is 2.32. The van der Waals surface area contributed by atoms with E-state index in [0.717, 1.165) is 0 Å². The van der Waals surface area contributed by atoms with Gasteiger partial charge >= 0.3 is 0 Å². The zero-order valence-electron chi connectivity index (χ0n) is 10.9. The predicted molar refractivity (Wildman–Crippen MR) is 70.3 cm³/mol. The summed E-state index contributed by atoms with van der Waals surface area (Å²) in [6, 6.07) is 3.64. The van der Waals surface area contributed by atoms with Crippen molar-refractivity contribution in [3.63, 3.8) is 0 Å². The topological polar surface area (TPSA) is 54.5 Å². The molecule has 2 rings (SSSR count). The molecule has 6 heteroatoms. The highest BCUT2D eigenvalue weighted by atomic mass is 32.2. The maximum absolute atomic E-state index is 13.0. The SMILES string of the molecule is Cc1cc(F)ccc1C(=O)N1CCS(=O)(=O)CC1C. The number of aryl methyl sites for hydroxylation is 1. The monoisotopic (exact) mass is 285 g/mol. The van der Waals surface area contributed by atoms with Gasteiger partial charge in [-0.3, -0.25) is 4.79 Å². The summed E-state index contributed by atoms with van der Waals surface area (Å²) in [4.78, 5) is 13.9. The number of carbonyl (C=O) groups excluding carboxylic acids is 1. The quantitative estimate of drug-likeness (QED) is 0.783. The maximum atomic E-state index is 13.0. The minimum atomic E-state index is -3.05. The minimum Gasteiger partial charge on any atom is -0.334 e. The third kappa shape index (κ3) is 2.94. The van der Waals surface area contributed by atoms with Crippen molar-refractivity contribution >= 4 is 15.7 Å². The van der Waals surface area contributed by atoms with Crippen molar-refractivity contribution in [2.45, 2.75) is 19.9 Å². The van der Waals surface area contributed by atoms with Crippen LogP contribution < -0.4 is 0 Å². The van der Waals surface area contributed by atoms with Gasteiger partial charge in [0.05, 0.1) is 11.5 Å². The van der Waals surface area contributed by atoms with Gasteiger partial charge in [0.25, 0.3) is 5.91 Å². The van der Waals surface area contributed by atoms with E-state index in [-0.39, 0.29) is 35.8 Å². The van der Waals surface area contributed by atoms with Gasteiger partial charge in [0.2, 0.25) is 0 Å². The smallest absolute Gasteiger partial charge is 0.254 e. The Labute approximate surface area is 112 Å². The fourth-order valence-corrected chi connectivity index (χ4v) is 3.88. The second kappa shape index (κ2) is 4.92. The molecule has 0 aliphatic carbocycles. The Hall–Kier alpha value is -1.43. The first-order chi connectivity index (χ1) is 8.80. The van der Waals surface area contributed by atoms with Crippen LogP contribution >= 0.6 is 0 Å². The summed E-state index contributed by atoms with van der Waals surface area (Å²) in [5.41, 5.74) is 0.984. The van der Waals surface area contributed by atoms with Crippen LogP contribution in [0.4, 0.5) is 4.39 Å². The molecule has 1 aliphatic rings. The number of halogens is 1. The van der Waals surface area contributed by atoms with Crippen LogP contribution in [0.15, 0.2) is 18.2 Å². The lowest BCUT2D eigenvalue weighted by Crippen LogP contribution is -2.49. The molecule has 4 nitrogen and oxygen atoms in total. The standard InChI is InChI=1S/C13H16FNO3S/c1-9-7-11(14)3-4-12(9)13(16)15-5-6-19(17,18)8-10(15)2/h3-4,7,10H,5-6,8H2,1-2H3. The van der Waals surface area contributed by atoms with Crippen molar-refractivity contribution in [1.29, 1.82) is 0 Å². The van der Waals surface area contributed by atoms with Crippen molar-refractivity contribution in [1.82, 2.24) is 4.90 Å². The zero-order valence-corrected chi connectivity index (χ0v) is 11.7. The van der Waals surface area contributed by atoms with Crippen molar-refractivity contribution in [2.75, 3.05) is 18.1 Å². The van der Waals surface area contributed by atoms with Gasteiger partial charge in [-0.15, -0.1) is 0 Å². The third-order valence-corrected chi connectivity index (χ3v) is 5.14. The highest BCUT2D eigenvalue weighted by molar-refractivity contribution is 7.91. The lowest BCUT2D eigenvalue weighted by atomic mass is 10.1. The Bertz CT molecular complexity index is 612. The Morgan fingerprint density at radius 3 is 2.68 bits per heavy atom. The molecule has 0 saturated carbocycles. The van der Waals surface area contributed by atoms with E-state index in [2.05, 4.69) is 0 Å². The molecule has 1 aromatic carbocycles. The molecule has 1 heterocycles. The summed E-state index contributed by atoms with van der Waals surface area (Å²) < 4.78 is 36.0. The molecular formula is C13H16FNO3S. The molecule has 1 aromatic rings. The summed E-state index contributed by atoms with van der Waals surface area (Å²) >= 11 is 0. The van der Waals surface area contributed by atoms with E-state index < -0.39 is 9.84 Å².